The molecule has 7 heteroatoms. The molecule has 0 bridgehead atoms. The molecule has 1 heterocycles. The molecule has 6 nitrogen and oxygen atoms in total. The first kappa shape index (κ1) is 17.8. The lowest BCUT2D eigenvalue weighted by Crippen LogP contribution is -2.45. The lowest BCUT2D eigenvalue weighted by molar-refractivity contribution is 0.122. The first-order valence-corrected chi connectivity index (χ1v) is 7.98. The van der Waals surface area contributed by atoms with Crippen LogP contribution in [0.15, 0.2) is 12.1 Å². The Balaban J connectivity index is 2.17. The van der Waals surface area contributed by atoms with Crippen LogP contribution in [0.4, 0.5) is 0 Å². The summed E-state index contributed by atoms with van der Waals surface area (Å²) in [5.41, 5.74) is 1.71. The first-order chi connectivity index (χ1) is 11.0. The molecule has 23 heavy (non-hydrogen) atoms. The van der Waals surface area contributed by atoms with Gasteiger partial charge in [-0.3, -0.25) is 0 Å². The second kappa shape index (κ2) is 7.81. The topological polar surface area (TPSA) is 57.2 Å². The van der Waals surface area contributed by atoms with Gasteiger partial charge in [0.2, 0.25) is 0 Å². The number of hydrogen-bond acceptors (Lipinski definition) is 5. The van der Waals surface area contributed by atoms with Crippen LogP contribution in [-0.4, -0.2) is 68.0 Å². The molecule has 0 fully saturated rings. The van der Waals surface area contributed by atoms with Crippen LogP contribution >= 0.6 is 12.2 Å². The summed E-state index contributed by atoms with van der Waals surface area (Å²) < 4.78 is 10.8. The highest BCUT2D eigenvalue weighted by molar-refractivity contribution is 7.80. The fourth-order valence-corrected chi connectivity index (χ4v) is 2.97. The minimum Gasteiger partial charge on any atom is -0.496 e. The third-order valence-corrected chi connectivity index (χ3v) is 4.31. The fourth-order valence-electron chi connectivity index (χ4n) is 2.73. The lowest BCUT2D eigenvalue weighted by atomic mass is 9.95. The minimum absolute atomic E-state index is 0.435. The maximum absolute atomic E-state index is 10.6. The molecule has 0 saturated carbocycles. The van der Waals surface area contributed by atoms with Crippen molar-refractivity contribution in [2.24, 2.45) is 0 Å². The average Bonchev–Trinajstić information content (AvgIpc) is 2.53. The van der Waals surface area contributed by atoms with E-state index in [9.17, 15) is 5.11 Å². The number of ether oxygens (including phenoxy) is 2. The van der Waals surface area contributed by atoms with Crippen LogP contribution in [0.1, 0.15) is 17.2 Å². The number of methoxy groups -OCH3 is 2. The van der Waals surface area contributed by atoms with Gasteiger partial charge in [0.25, 0.3) is 0 Å². The van der Waals surface area contributed by atoms with Crippen molar-refractivity contribution in [3.05, 3.63) is 23.3 Å². The summed E-state index contributed by atoms with van der Waals surface area (Å²) in [6.45, 7) is 2.68. The molecule has 0 saturated heterocycles. The highest BCUT2D eigenvalue weighted by atomic mass is 32.1. The number of nitrogens with one attached hydrogen (secondary N) is 1. The largest absolute Gasteiger partial charge is 0.496 e. The first-order valence-electron chi connectivity index (χ1n) is 7.57. The van der Waals surface area contributed by atoms with Crippen molar-refractivity contribution in [3.8, 4) is 11.5 Å². The van der Waals surface area contributed by atoms with Crippen molar-refractivity contribution in [3.63, 3.8) is 0 Å². The molecule has 1 atom stereocenters. The zero-order valence-electron chi connectivity index (χ0n) is 14.1. The molecule has 2 N–H and O–H groups in total. The molecule has 0 amide bonds. The van der Waals surface area contributed by atoms with E-state index in [2.05, 4.69) is 10.2 Å². The van der Waals surface area contributed by atoms with Gasteiger partial charge in [-0.15, -0.1) is 0 Å². The van der Waals surface area contributed by atoms with Gasteiger partial charge in [0.15, 0.2) is 5.11 Å². The molecule has 1 aromatic carbocycles. The summed E-state index contributed by atoms with van der Waals surface area (Å²) in [7, 11) is 7.27. The Bertz CT molecular complexity index is 566. The number of rotatable bonds is 5. The Morgan fingerprint density at radius 2 is 2.00 bits per heavy atom. The molecular formula is C16H25N3O3S. The number of aliphatic hydroxyl groups is 1. The summed E-state index contributed by atoms with van der Waals surface area (Å²) >= 11 is 5.46. The molecule has 0 aromatic heterocycles. The van der Waals surface area contributed by atoms with Gasteiger partial charge >= 0.3 is 0 Å². The third-order valence-electron chi connectivity index (χ3n) is 3.91. The van der Waals surface area contributed by atoms with E-state index < -0.39 is 6.10 Å². The van der Waals surface area contributed by atoms with Gasteiger partial charge in [-0.1, -0.05) is 0 Å². The summed E-state index contributed by atoms with van der Waals surface area (Å²) in [4.78, 5) is 4.05. The maximum Gasteiger partial charge on any atom is 0.169 e. The molecular weight excluding hydrogens is 314 g/mol. The van der Waals surface area contributed by atoms with E-state index in [-0.39, 0.29) is 0 Å². The van der Waals surface area contributed by atoms with Crippen LogP contribution in [-0.2, 0) is 6.54 Å². The zero-order valence-corrected chi connectivity index (χ0v) is 14.9. The normalized spacial score (nSPS) is 17.0. The lowest BCUT2D eigenvalue weighted by Gasteiger charge is -2.35. The van der Waals surface area contributed by atoms with Gasteiger partial charge in [-0.25, -0.2) is 0 Å². The van der Waals surface area contributed by atoms with E-state index in [4.69, 9.17) is 21.7 Å². The van der Waals surface area contributed by atoms with Crippen LogP contribution in [0.2, 0.25) is 0 Å². The van der Waals surface area contributed by atoms with Crippen LogP contribution in [0, 0.1) is 0 Å². The van der Waals surface area contributed by atoms with Crippen molar-refractivity contribution in [1.29, 1.82) is 0 Å². The van der Waals surface area contributed by atoms with Crippen molar-refractivity contribution < 1.29 is 14.6 Å². The molecule has 2 rings (SSSR count). The Kier molecular flexibility index (Phi) is 6.04. The quantitative estimate of drug-likeness (QED) is 0.776. The number of β-amino-alcohol motifs (C(OH)–C–C–N with tert-alkyl or cyclic N) is 1. The highest BCUT2D eigenvalue weighted by Gasteiger charge is 2.30. The zero-order chi connectivity index (χ0) is 17.0. The van der Waals surface area contributed by atoms with Crippen LogP contribution in [0.5, 0.6) is 11.5 Å². The van der Waals surface area contributed by atoms with Gasteiger partial charge < -0.3 is 29.7 Å². The van der Waals surface area contributed by atoms with Gasteiger partial charge in [-0.2, -0.15) is 0 Å². The number of nitrogens with zero attached hydrogens (tertiary/aromatic N) is 2. The van der Waals surface area contributed by atoms with Gasteiger partial charge in [0.1, 0.15) is 17.6 Å². The number of likely N-dealkylation sites (N-methyl/N-ethyl adjacent to an activating group) is 1. The molecule has 128 valence electrons. The second-order valence-corrected chi connectivity index (χ2v) is 6.18. The van der Waals surface area contributed by atoms with E-state index in [0.29, 0.717) is 24.0 Å². The number of benzene rings is 1. The standard InChI is InChI=1S/C16H25N3O3S/c1-18(2)8-7-17-16(23)19-9-11-13(21-3)5-6-14(22-4)15(11)12(20)10-19/h5-6,12,20H,7-10H2,1-4H3,(H,17,23)/t12-/m1/s1. The van der Waals surface area contributed by atoms with Gasteiger partial charge in [0, 0.05) is 30.8 Å². The van der Waals surface area contributed by atoms with E-state index in [0.717, 1.165) is 30.0 Å². The number of thiocarbonyl (C=S) groups is 1. The Morgan fingerprint density at radius 3 is 2.61 bits per heavy atom. The number of aliphatic hydroxyl groups excluding tert-OH is 1. The minimum atomic E-state index is -0.669. The van der Waals surface area contributed by atoms with Gasteiger partial charge in [-0.05, 0) is 38.4 Å². The van der Waals surface area contributed by atoms with Crippen molar-refractivity contribution in [2.75, 3.05) is 47.9 Å². The highest BCUT2D eigenvalue weighted by Crippen LogP contribution is 2.39. The van der Waals surface area contributed by atoms with Crippen LogP contribution in [0.3, 0.4) is 0 Å². The van der Waals surface area contributed by atoms with E-state index in [1.807, 2.05) is 31.1 Å². The van der Waals surface area contributed by atoms with Crippen molar-refractivity contribution >= 4 is 17.3 Å². The predicted octanol–water partition coefficient (Wildman–Crippen LogP) is 0.989. The molecule has 1 aromatic rings. The van der Waals surface area contributed by atoms with Gasteiger partial charge in [0.05, 0.1) is 20.8 Å². The van der Waals surface area contributed by atoms with Crippen LogP contribution in [0.25, 0.3) is 0 Å². The summed E-state index contributed by atoms with van der Waals surface area (Å²) in [6.07, 6.45) is -0.669. The molecule has 1 aliphatic rings. The van der Waals surface area contributed by atoms with E-state index in [1.165, 1.54) is 0 Å². The van der Waals surface area contributed by atoms with Crippen molar-refractivity contribution in [1.82, 2.24) is 15.1 Å². The molecule has 0 unspecified atom stereocenters. The maximum atomic E-state index is 10.6. The molecule has 0 radical (unpaired) electrons. The van der Waals surface area contributed by atoms with E-state index >= 15 is 0 Å². The fraction of sp³-hybridized carbons (Fsp3) is 0.562. The number of fused-ring (bicyclic) bond motifs is 1. The summed E-state index contributed by atoms with van der Waals surface area (Å²) in [5.74, 6) is 1.42. The van der Waals surface area contributed by atoms with Crippen LogP contribution < -0.4 is 14.8 Å². The molecule has 0 aliphatic carbocycles. The smallest absolute Gasteiger partial charge is 0.169 e. The average molecular weight is 339 g/mol. The Hall–Kier alpha value is -1.57. The molecule has 1 aliphatic heterocycles. The second-order valence-electron chi connectivity index (χ2n) is 5.79. The SMILES string of the molecule is COc1ccc(OC)c2c1CN(C(=S)NCCN(C)C)C[C@H]2O. The number of hydrogen-bond donors (Lipinski definition) is 2. The third kappa shape index (κ3) is 4.04. The summed E-state index contributed by atoms with van der Waals surface area (Å²) in [6, 6.07) is 3.68. The Labute approximate surface area is 143 Å². The summed E-state index contributed by atoms with van der Waals surface area (Å²) in [5, 5.41) is 14.4. The molecule has 0 spiro atoms. The van der Waals surface area contributed by atoms with E-state index in [1.54, 1.807) is 14.2 Å². The Morgan fingerprint density at radius 1 is 1.35 bits per heavy atom. The predicted molar refractivity (Wildman–Crippen MR) is 94.1 cm³/mol. The van der Waals surface area contributed by atoms with Crippen molar-refractivity contribution in [2.45, 2.75) is 12.6 Å². The monoisotopic (exact) mass is 339 g/mol.